The third-order valence-corrected chi connectivity index (χ3v) is 3.47. The first-order valence-electron chi connectivity index (χ1n) is 6.18. The Morgan fingerprint density at radius 2 is 2.15 bits per heavy atom. The highest BCUT2D eigenvalue weighted by molar-refractivity contribution is 7.13. The van der Waals surface area contributed by atoms with Gasteiger partial charge in [-0.15, -0.1) is 11.3 Å². The Labute approximate surface area is 121 Å². The van der Waals surface area contributed by atoms with Gasteiger partial charge in [0.1, 0.15) is 5.82 Å². The highest BCUT2D eigenvalue weighted by Crippen LogP contribution is 2.17. The van der Waals surface area contributed by atoms with Gasteiger partial charge < -0.3 is 5.32 Å². The van der Waals surface area contributed by atoms with Gasteiger partial charge in [0.15, 0.2) is 5.13 Å². The fourth-order valence-corrected chi connectivity index (χ4v) is 2.58. The molecule has 1 heterocycles. The van der Waals surface area contributed by atoms with Gasteiger partial charge in [-0.3, -0.25) is 9.69 Å². The molecule has 0 bridgehead atoms. The Kier molecular flexibility index (Phi) is 4.81. The summed E-state index contributed by atoms with van der Waals surface area (Å²) >= 11 is 1.39. The Bertz CT molecular complexity index is 600. The lowest BCUT2D eigenvalue weighted by Gasteiger charge is -2.15. The molecule has 1 aromatic carbocycles. The zero-order chi connectivity index (χ0) is 14.5. The SMILES string of the molecule is CC(=O)Nc1nc(CN(C)Cc2ccccc2F)cs1. The number of anilines is 1. The summed E-state index contributed by atoms with van der Waals surface area (Å²) in [6.07, 6.45) is 0. The van der Waals surface area contributed by atoms with E-state index >= 15 is 0 Å². The summed E-state index contributed by atoms with van der Waals surface area (Å²) in [5.74, 6) is -0.331. The largest absolute Gasteiger partial charge is 0.302 e. The van der Waals surface area contributed by atoms with Crippen molar-refractivity contribution in [3.05, 3.63) is 46.7 Å². The van der Waals surface area contributed by atoms with E-state index in [1.54, 1.807) is 12.1 Å². The predicted molar refractivity (Wildman–Crippen MR) is 78.0 cm³/mol. The number of rotatable bonds is 5. The van der Waals surface area contributed by atoms with Crippen molar-refractivity contribution in [2.24, 2.45) is 0 Å². The topological polar surface area (TPSA) is 45.2 Å². The lowest BCUT2D eigenvalue weighted by atomic mass is 10.2. The number of aromatic nitrogens is 1. The van der Waals surface area contributed by atoms with Crippen LogP contribution in [0.2, 0.25) is 0 Å². The maximum absolute atomic E-state index is 13.5. The Hall–Kier alpha value is -1.79. The van der Waals surface area contributed by atoms with Crippen molar-refractivity contribution < 1.29 is 9.18 Å². The molecule has 0 saturated carbocycles. The second-order valence-corrected chi connectivity index (χ2v) is 5.45. The molecule has 1 amide bonds. The van der Waals surface area contributed by atoms with Crippen LogP contribution in [0.4, 0.5) is 9.52 Å². The fraction of sp³-hybridized carbons (Fsp3) is 0.286. The average molecular weight is 293 g/mol. The molecule has 2 aromatic rings. The van der Waals surface area contributed by atoms with Crippen LogP contribution in [0.25, 0.3) is 0 Å². The number of nitrogens with zero attached hydrogens (tertiary/aromatic N) is 2. The van der Waals surface area contributed by atoms with Crippen molar-refractivity contribution in [3.63, 3.8) is 0 Å². The quantitative estimate of drug-likeness (QED) is 0.922. The summed E-state index contributed by atoms with van der Waals surface area (Å²) in [6.45, 7) is 2.56. The van der Waals surface area contributed by atoms with Crippen molar-refractivity contribution in [2.45, 2.75) is 20.0 Å². The van der Waals surface area contributed by atoms with Crippen molar-refractivity contribution in [2.75, 3.05) is 12.4 Å². The second kappa shape index (κ2) is 6.58. The summed E-state index contributed by atoms with van der Waals surface area (Å²) < 4.78 is 13.5. The lowest BCUT2D eigenvalue weighted by molar-refractivity contribution is -0.114. The van der Waals surface area contributed by atoms with Crippen LogP contribution in [-0.4, -0.2) is 22.8 Å². The Morgan fingerprint density at radius 3 is 2.85 bits per heavy atom. The molecule has 0 atom stereocenters. The van der Waals surface area contributed by atoms with Gasteiger partial charge in [-0.25, -0.2) is 9.37 Å². The molecule has 6 heteroatoms. The highest BCUT2D eigenvalue weighted by atomic mass is 32.1. The van der Waals surface area contributed by atoms with Gasteiger partial charge in [-0.05, 0) is 13.1 Å². The van der Waals surface area contributed by atoms with Crippen LogP contribution in [0.15, 0.2) is 29.6 Å². The normalized spacial score (nSPS) is 10.8. The molecule has 0 unspecified atom stereocenters. The molecule has 0 radical (unpaired) electrons. The molecule has 0 saturated heterocycles. The first-order chi connectivity index (χ1) is 9.54. The number of hydrogen-bond donors (Lipinski definition) is 1. The zero-order valence-electron chi connectivity index (χ0n) is 11.4. The molecular weight excluding hydrogens is 277 g/mol. The lowest BCUT2D eigenvalue weighted by Crippen LogP contribution is -2.18. The van der Waals surface area contributed by atoms with E-state index in [0.29, 0.717) is 23.8 Å². The molecule has 2 rings (SSSR count). The van der Waals surface area contributed by atoms with Gasteiger partial charge in [0.25, 0.3) is 0 Å². The van der Waals surface area contributed by atoms with Crippen LogP contribution in [0.5, 0.6) is 0 Å². The first-order valence-corrected chi connectivity index (χ1v) is 7.06. The molecule has 1 N–H and O–H groups in total. The first kappa shape index (κ1) is 14.6. The van der Waals surface area contributed by atoms with E-state index in [-0.39, 0.29) is 11.7 Å². The van der Waals surface area contributed by atoms with Gasteiger partial charge in [-0.2, -0.15) is 0 Å². The van der Waals surface area contributed by atoms with Crippen LogP contribution in [0.3, 0.4) is 0 Å². The molecular formula is C14H16FN3OS. The number of carbonyl (C=O) groups excluding carboxylic acids is 1. The van der Waals surface area contributed by atoms with Gasteiger partial charge in [0.2, 0.25) is 5.91 Å². The minimum Gasteiger partial charge on any atom is -0.302 e. The van der Waals surface area contributed by atoms with Gasteiger partial charge in [-0.1, -0.05) is 18.2 Å². The van der Waals surface area contributed by atoms with E-state index in [1.165, 1.54) is 24.3 Å². The van der Waals surface area contributed by atoms with E-state index in [2.05, 4.69) is 10.3 Å². The maximum Gasteiger partial charge on any atom is 0.223 e. The van der Waals surface area contributed by atoms with Crippen LogP contribution >= 0.6 is 11.3 Å². The summed E-state index contributed by atoms with van der Waals surface area (Å²) in [7, 11) is 1.91. The van der Waals surface area contributed by atoms with Crippen molar-refractivity contribution in [1.29, 1.82) is 0 Å². The van der Waals surface area contributed by atoms with Crippen molar-refractivity contribution in [3.8, 4) is 0 Å². The number of hydrogen-bond acceptors (Lipinski definition) is 4. The smallest absolute Gasteiger partial charge is 0.223 e. The Morgan fingerprint density at radius 1 is 1.40 bits per heavy atom. The van der Waals surface area contributed by atoms with E-state index < -0.39 is 0 Å². The van der Waals surface area contributed by atoms with Crippen LogP contribution in [-0.2, 0) is 17.9 Å². The molecule has 0 spiro atoms. The third-order valence-electron chi connectivity index (χ3n) is 2.66. The molecule has 0 aliphatic heterocycles. The molecule has 0 fully saturated rings. The molecule has 20 heavy (non-hydrogen) atoms. The zero-order valence-corrected chi connectivity index (χ0v) is 12.2. The number of carbonyl (C=O) groups is 1. The number of benzene rings is 1. The predicted octanol–water partition coefficient (Wildman–Crippen LogP) is 2.87. The van der Waals surface area contributed by atoms with E-state index in [9.17, 15) is 9.18 Å². The summed E-state index contributed by atoms with van der Waals surface area (Å²) in [5.41, 5.74) is 1.52. The minimum absolute atomic E-state index is 0.134. The molecule has 4 nitrogen and oxygen atoms in total. The standard InChI is InChI=1S/C14H16FN3OS/c1-10(19)16-14-17-12(9-20-14)8-18(2)7-11-5-3-4-6-13(11)15/h3-6,9H,7-8H2,1-2H3,(H,16,17,19). The summed E-state index contributed by atoms with van der Waals surface area (Å²) in [6, 6.07) is 6.74. The number of halogens is 1. The number of nitrogens with one attached hydrogen (secondary N) is 1. The average Bonchev–Trinajstić information content (AvgIpc) is 2.78. The van der Waals surface area contributed by atoms with Gasteiger partial charge >= 0.3 is 0 Å². The van der Waals surface area contributed by atoms with Gasteiger partial charge in [0.05, 0.1) is 5.69 Å². The van der Waals surface area contributed by atoms with Gasteiger partial charge in [0, 0.05) is 31.0 Å². The van der Waals surface area contributed by atoms with Crippen LogP contribution in [0.1, 0.15) is 18.2 Å². The van der Waals surface area contributed by atoms with E-state index in [4.69, 9.17) is 0 Å². The molecule has 1 aromatic heterocycles. The monoisotopic (exact) mass is 293 g/mol. The summed E-state index contributed by atoms with van der Waals surface area (Å²) in [5, 5.41) is 5.13. The van der Waals surface area contributed by atoms with E-state index in [0.717, 1.165) is 5.69 Å². The van der Waals surface area contributed by atoms with Crippen molar-refractivity contribution in [1.82, 2.24) is 9.88 Å². The molecule has 0 aliphatic carbocycles. The number of amides is 1. The second-order valence-electron chi connectivity index (χ2n) is 4.59. The molecule has 0 aliphatic rings. The fourth-order valence-electron chi connectivity index (χ4n) is 1.84. The van der Waals surface area contributed by atoms with Crippen LogP contribution < -0.4 is 5.32 Å². The van der Waals surface area contributed by atoms with Crippen molar-refractivity contribution >= 4 is 22.4 Å². The molecule has 106 valence electrons. The Balaban J connectivity index is 1.94. The van der Waals surface area contributed by atoms with E-state index in [1.807, 2.05) is 23.4 Å². The third kappa shape index (κ3) is 4.11. The van der Waals surface area contributed by atoms with Crippen LogP contribution in [0, 0.1) is 5.82 Å². The minimum atomic E-state index is -0.198. The number of thiazole rings is 1. The maximum atomic E-state index is 13.5. The summed E-state index contributed by atoms with van der Waals surface area (Å²) in [4.78, 5) is 17.2. The highest BCUT2D eigenvalue weighted by Gasteiger charge is 2.08.